The monoisotopic (exact) mass is 549 g/mol. The number of rotatable bonds is 6. The van der Waals surface area contributed by atoms with Gasteiger partial charge >= 0.3 is 0 Å². The van der Waals surface area contributed by atoms with Gasteiger partial charge in [-0.2, -0.15) is 4.31 Å². The summed E-state index contributed by atoms with van der Waals surface area (Å²) in [6.07, 6.45) is 2.41. The van der Waals surface area contributed by atoms with Crippen molar-refractivity contribution in [2.24, 2.45) is 11.8 Å². The Morgan fingerprint density at radius 2 is 1.86 bits per heavy atom. The molecule has 198 valence electrons. The van der Waals surface area contributed by atoms with Gasteiger partial charge in [0.1, 0.15) is 11.3 Å². The molecule has 0 radical (unpaired) electrons. The number of ether oxygens (including phenoxy) is 1. The van der Waals surface area contributed by atoms with E-state index in [1.54, 1.807) is 0 Å². The number of halogens is 2. The minimum atomic E-state index is -3.69. The number of carbonyl (C=O) groups is 1. The molecule has 2 fully saturated rings. The highest BCUT2D eigenvalue weighted by atomic mass is 32.2. The van der Waals surface area contributed by atoms with E-state index in [1.165, 1.54) is 39.5 Å². The number of thiazole rings is 1. The number of anilines is 1. The topological polar surface area (TPSA) is 79.8 Å². The first-order valence-corrected chi connectivity index (χ1v) is 14.7. The number of fused-ring (bicyclic) bond motifs is 1. The van der Waals surface area contributed by atoms with Gasteiger partial charge < -0.3 is 4.74 Å². The van der Waals surface area contributed by atoms with E-state index < -0.39 is 27.6 Å². The SMILES string of the molecule is CC1CC(C)CN(S(=O)(=O)c2ccc(C(=O)N(CC3CCCO3)c3nc4c(F)cc(F)cc4s3)cc2)C1. The zero-order valence-electron chi connectivity index (χ0n) is 20.7. The van der Waals surface area contributed by atoms with Gasteiger partial charge in [0.25, 0.3) is 5.91 Å². The van der Waals surface area contributed by atoms with Crippen LogP contribution in [0.25, 0.3) is 10.2 Å². The molecule has 2 aliphatic heterocycles. The molecule has 7 nitrogen and oxygen atoms in total. The Hall–Kier alpha value is -2.47. The van der Waals surface area contributed by atoms with E-state index in [1.807, 2.05) is 13.8 Å². The summed E-state index contributed by atoms with van der Waals surface area (Å²) in [5, 5.41) is 0.230. The summed E-state index contributed by atoms with van der Waals surface area (Å²) >= 11 is 1.02. The van der Waals surface area contributed by atoms with Gasteiger partial charge in [0.2, 0.25) is 10.0 Å². The fourth-order valence-corrected chi connectivity index (χ4v) is 7.87. The number of hydrogen-bond acceptors (Lipinski definition) is 6. The fourth-order valence-electron chi connectivity index (χ4n) is 5.18. The normalized spacial score (nSPS) is 23.0. The predicted molar refractivity (Wildman–Crippen MR) is 138 cm³/mol. The molecule has 37 heavy (non-hydrogen) atoms. The number of sulfonamides is 1. The molecule has 3 atom stereocenters. The smallest absolute Gasteiger partial charge is 0.260 e. The Morgan fingerprint density at radius 3 is 2.51 bits per heavy atom. The van der Waals surface area contributed by atoms with Crippen LogP contribution in [0.5, 0.6) is 0 Å². The van der Waals surface area contributed by atoms with Crippen LogP contribution >= 0.6 is 11.3 Å². The molecule has 3 unspecified atom stereocenters. The number of carbonyl (C=O) groups excluding carboxylic acids is 1. The van der Waals surface area contributed by atoms with Crippen molar-refractivity contribution in [1.82, 2.24) is 9.29 Å². The summed E-state index contributed by atoms with van der Waals surface area (Å²) < 4.78 is 62.1. The molecule has 2 saturated heterocycles. The number of hydrogen-bond donors (Lipinski definition) is 0. The Kier molecular flexibility index (Phi) is 7.32. The van der Waals surface area contributed by atoms with Gasteiger partial charge in [-0.3, -0.25) is 9.69 Å². The van der Waals surface area contributed by atoms with Crippen molar-refractivity contribution in [3.05, 3.63) is 53.6 Å². The summed E-state index contributed by atoms with van der Waals surface area (Å²) in [6, 6.07) is 7.83. The van der Waals surface area contributed by atoms with Crippen molar-refractivity contribution in [3.63, 3.8) is 0 Å². The Morgan fingerprint density at radius 1 is 1.16 bits per heavy atom. The second-order valence-electron chi connectivity index (χ2n) is 10.1. The Balaban J connectivity index is 1.44. The fraction of sp³-hybridized carbons (Fsp3) is 0.462. The van der Waals surface area contributed by atoms with E-state index >= 15 is 0 Å². The molecule has 0 bridgehead atoms. The van der Waals surface area contributed by atoms with E-state index in [0.717, 1.165) is 36.7 Å². The first-order chi connectivity index (χ1) is 17.6. The number of amides is 1. The Labute approximate surface area is 219 Å². The van der Waals surface area contributed by atoms with Gasteiger partial charge in [-0.1, -0.05) is 25.2 Å². The van der Waals surface area contributed by atoms with Crippen LogP contribution in [0.3, 0.4) is 0 Å². The number of nitrogens with zero attached hydrogens (tertiary/aromatic N) is 3. The van der Waals surface area contributed by atoms with Crippen LogP contribution in [0.2, 0.25) is 0 Å². The van der Waals surface area contributed by atoms with E-state index in [2.05, 4.69) is 4.98 Å². The van der Waals surface area contributed by atoms with Crippen LogP contribution in [0.4, 0.5) is 13.9 Å². The van der Waals surface area contributed by atoms with Crippen molar-refractivity contribution in [1.29, 1.82) is 0 Å². The van der Waals surface area contributed by atoms with Gasteiger partial charge in [-0.05, 0) is 61.4 Å². The van der Waals surface area contributed by atoms with Gasteiger partial charge in [0.05, 0.1) is 22.2 Å². The highest BCUT2D eigenvalue weighted by Crippen LogP contribution is 2.33. The minimum absolute atomic E-state index is 0.00188. The van der Waals surface area contributed by atoms with Crippen LogP contribution < -0.4 is 4.90 Å². The van der Waals surface area contributed by atoms with Crippen molar-refractivity contribution in [3.8, 4) is 0 Å². The second kappa shape index (κ2) is 10.4. The van der Waals surface area contributed by atoms with Crippen molar-refractivity contribution < 1.29 is 26.7 Å². The summed E-state index contributed by atoms with van der Waals surface area (Å²) in [5.74, 6) is -1.38. The van der Waals surface area contributed by atoms with Gasteiger partial charge in [-0.15, -0.1) is 0 Å². The van der Waals surface area contributed by atoms with Gasteiger partial charge in [0.15, 0.2) is 10.9 Å². The quantitative estimate of drug-likeness (QED) is 0.429. The average molecular weight is 550 g/mol. The van der Waals surface area contributed by atoms with Crippen molar-refractivity contribution in [2.45, 2.75) is 44.1 Å². The highest BCUT2D eigenvalue weighted by molar-refractivity contribution is 7.89. The number of benzene rings is 2. The average Bonchev–Trinajstić information content (AvgIpc) is 3.51. The molecule has 2 aromatic carbocycles. The lowest BCUT2D eigenvalue weighted by molar-refractivity contribution is 0.0917. The molecule has 2 aliphatic rings. The third-order valence-electron chi connectivity index (χ3n) is 6.86. The second-order valence-corrected chi connectivity index (χ2v) is 13.0. The lowest BCUT2D eigenvalue weighted by Gasteiger charge is -2.34. The van der Waals surface area contributed by atoms with Gasteiger partial charge in [0, 0.05) is 31.3 Å². The van der Waals surface area contributed by atoms with E-state index in [0.29, 0.717) is 24.4 Å². The number of aromatic nitrogens is 1. The van der Waals surface area contributed by atoms with Crippen LogP contribution in [0, 0.1) is 23.5 Å². The first-order valence-electron chi connectivity index (χ1n) is 12.4. The maximum Gasteiger partial charge on any atom is 0.260 e. The molecule has 0 N–H and O–H groups in total. The van der Waals surface area contributed by atoms with Crippen molar-refractivity contribution in [2.75, 3.05) is 31.1 Å². The zero-order valence-corrected chi connectivity index (χ0v) is 22.3. The van der Waals surface area contributed by atoms with Crippen molar-refractivity contribution >= 4 is 42.6 Å². The largest absolute Gasteiger partial charge is 0.376 e. The molecule has 0 saturated carbocycles. The summed E-state index contributed by atoms with van der Waals surface area (Å²) in [6.45, 7) is 5.82. The molecule has 0 aliphatic carbocycles. The third kappa shape index (κ3) is 5.41. The summed E-state index contributed by atoms with van der Waals surface area (Å²) in [5.41, 5.74) is 0.265. The van der Waals surface area contributed by atoms with E-state index in [4.69, 9.17) is 4.74 Å². The molecule has 3 heterocycles. The Bertz CT molecular complexity index is 1400. The van der Waals surface area contributed by atoms with Crippen LogP contribution in [0.15, 0.2) is 41.3 Å². The minimum Gasteiger partial charge on any atom is -0.376 e. The lowest BCUT2D eigenvalue weighted by atomic mass is 9.94. The number of piperidine rings is 1. The molecular formula is C26H29F2N3O4S2. The summed E-state index contributed by atoms with van der Waals surface area (Å²) in [4.78, 5) is 19.5. The molecule has 1 aromatic heterocycles. The molecule has 1 amide bonds. The molecule has 3 aromatic rings. The standard InChI is InChI=1S/C26H29F2N3O4S2/c1-16-10-17(2)14-30(13-16)37(33,34)21-7-5-18(6-8-21)25(32)31(15-20-4-3-9-35-20)26-29-24-22(28)11-19(27)12-23(24)36-26/h5-8,11-12,16-17,20H,3-4,9-10,13-15H2,1-2H3. The highest BCUT2D eigenvalue weighted by Gasteiger charge is 2.32. The maximum atomic E-state index is 14.3. The molecule has 11 heteroatoms. The van der Waals surface area contributed by atoms with E-state index in [9.17, 15) is 22.0 Å². The van der Waals surface area contributed by atoms with Gasteiger partial charge in [-0.25, -0.2) is 22.2 Å². The molecule has 0 spiro atoms. The predicted octanol–water partition coefficient (Wildman–Crippen LogP) is 5.07. The summed E-state index contributed by atoms with van der Waals surface area (Å²) in [7, 11) is -3.69. The van der Waals surface area contributed by atoms with Crippen LogP contribution in [-0.4, -0.2) is 56.0 Å². The zero-order chi connectivity index (χ0) is 26.3. The molecule has 5 rings (SSSR count). The third-order valence-corrected chi connectivity index (χ3v) is 9.73. The van der Waals surface area contributed by atoms with E-state index in [-0.39, 0.29) is 45.6 Å². The lowest BCUT2D eigenvalue weighted by Crippen LogP contribution is -2.42. The first kappa shape index (κ1) is 26.1. The van der Waals surface area contributed by atoms with Crippen LogP contribution in [0.1, 0.15) is 43.5 Å². The maximum absolute atomic E-state index is 14.3. The van der Waals surface area contributed by atoms with Crippen LogP contribution in [-0.2, 0) is 14.8 Å². The molecular weight excluding hydrogens is 520 g/mol.